The summed E-state index contributed by atoms with van der Waals surface area (Å²) in [4.78, 5) is 11.4. The van der Waals surface area contributed by atoms with Gasteiger partial charge >= 0.3 is 0 Å². The lowest BCUT2D eigenvalue weighted by atomic mass is 9.79. The van der Waals surface area contributed by atoms with Crippen molar-refractivity contribution >= 4 is 5.95 Å². The SMILES string of the molecule is COc1ccnc(N2CCNCC23CCCCC3)n1. The Morgan fingerprint density at radius 1 is 1.32 bits per heavy atom. The molecule has 2 fully saturated rings. The van der Waals surface area contributed by atoms with Crippen LogP contribution < -0.4 is 15.0 Å². The highest BCUT2D eigenvalue weighted by Gasteiger charge is 2.41. The summed E-state index contributed by atoms with van der Waals surface area (Å²) in [6.45, 7) is 3.03. The van der Waals surface area contributed by atoms with E-state index in [0.29, 0.717) is 5.88 Å². The van der Waals surface area contributed by atoms with Crippen LogP contribution in [-0.4, -0.2) is 42.3 Å². The molecule has 1 saturated heterocycles. The van der Waals surface area contributed by atoms with Crippen molar-refractivity contribution in [2.24, 2.45) is 0 Å². The molecule has 19 heavy (non-hydrogen) atoms. The van der Waals surface area contributed by atoms with Gasteiger partial charge in [0, 0.05) is 31.9 Å². The molecule has 0 radical (unpaired) electrons. The number of anilines is 1. The Balaban J connectivity index is 1.90. The van der Waals surface area contributed by atoms with E-state index in [9.17, 15) is 0 Å². The standard InChI is InChI=1S/C14H22N4O/c1-19-12-5-8-16-13(17-12)18-10-9-15-11-14(18)6-3-2-4-7-14/h5,8,15H,2-4,6-7,9-11H2,1H3. The normalized spacial score (nSPS) is 22.5. The molecule has 1 spiro atoms. The molecule has 1 aromatic heterocycles. The van der Waals surface area contributed by atoms with Gasteiger partial charge in [0.2, 0.25) is 11.8 Å². The molecule has 1 saturated carbocycles. The molecule has 0 unspecified atom stereocenters. The number of rotatable bonds is 2. The van der Waals surface area contributed by atoms with E-state index in [4.69, 9.17) is 4.74 Å². The largest absolute Gasteiger partial charge is 0.481 e. The molecule has 1 aliphatic heterocycles. The zero-order valence-electron chi connectivity index (χ0n) is 11.6. The molecule has 1 aliphatic carbocycles. The Kier molecular flexibility index (Phi) is 3.55. The molecule has 0 bridgehead atoms. The van der Waals surface area contributed by atoms with Gasteiger partial charge in [-0.25, -0.2) is 4.98 Å². The summed E-state index contributed by atoms with van der Waals surface area (Å²) in [5, 5.41) is 3.55. The van der Waals surface area contributed by atoms with Crippen LogP contribution in [0.25, 0.3) is 0 Å². The Hall–Kier alpha value is -1.36. The van der Waals surface area contributed by atoms with E-state index in [0.717, 1.165) is 25.6 Å². The van der Waals surface area contributed by atoms with E-state index in [2.05, 4.69) is 20.2 Å². The van der Waals surface area contributed by atoms with Gasteiger partial charge < -0.3 is 15.0 Å². The minimum absolute atomic E-state index is 0.211. The number of hydrogen-bond donors (Lipinski definition) is 1. The highest BCUT2D eigenvalue weighted by atomic mass is 16.5. The van der Waals surface area contributed by atoms with Gasteiger partial charge in [0.25, 0.3) is 0 Å². The first kappa shape index (κ1) is 12.7. The number of ether oxygens (including phenoxy) is 1. The first-order valence-electron chi connectivity index (χ1n) is 7.19. The van der Waals surface area contributed by atoms with Crippen LogP contribution in [0.15, 0.2) is 12.3 Å². The van der Waals surface area contributed by atoms with Gasteiger partial charge in [0.15, 0.2) is 0 Å². The molecule has 2 aliphatic rings. The predicted octanol–water partition coefficient (Wildman–Crippen LogP) is 1.60. The zero-order chi connectivity index (χ0) is 13.1. The highest BCUT2D eigenvalue weighted by molar-refractivity contribution is 5.38. The summed E-state index contributed by atoms with van der Waals surface area (Å²) in [5.41, 5.74) is 0.211. The number of methoxy groups -OCH3 is 1. The highest BCUT2D eigenvalue weighted by Crippen LogP contribution is 2.36. The lowest BCUT2D eigenvalue weighted by Crippen LogP contribution is -2.62. The van der Waals surface area contributed by atoms with Gasteiger partial charge in [-0.1, -0.05) is 19.3 Å². The average molecular weight is 262 g/mol. The smallest absolute Gasteiger partial charge is 0.229 e. The van der Waals surface area contributed by atoms with Gasteiger partial charge in [-0.15, -0.1) is 0 Å². The van der Waals surface area contributed by atoms with Gasteiger partial charge in [-0.3, -0.25) is 0 Å². The van der Waals surface area contributed by atoms with Crippen LogP contribution in [0.5, 0.6) is 5.88 Å². The fourth-order valence-electron chi connectivity index (χ4n) is 3.39. The quantitative estimate of drug-likeness (QED) is 0.877. The molecular formula is C14H22N4O. The van der Waals surface area contributed by atoms with E-state index in [1.54, 1.807) is 19.4 Å². The Morgan fingerprint density at radius 2 is 2.16 bits per heavy atom. The van der Waals surface area contributed by atoms with Crippen LogP contribution in [0.3, 0.4) is 0 Å². The maximum Gasteiger partial charge on any atom is 0.229 e. The third kappa shape index (κ3) is 2.39. The van der Waals surface area contributed by atoms with Gasteiger partial charge in [0.05, 0.1) is 12.6 Å². The summed E-state index contributed by atoms with van der Waals surface area (Å²) < 4.78 is 5.23. The second kappa shape index (κ2) is 5.33. The van der Waals surface area contributed by atoms with Crippen molar-refractivity contribution in [2.75, 3.05) is 31.6 Å². The average Bonchev–Trinajstić information content (AvgIpc) is 2.49. The molecule has 0 atom stereocenters. The first-order chi connectivity index (χ1) is 9.34. The van der Waals surface area contributed by atoms with Crippen molar-refractivity contribution in [1.82, 2.24) is 15.3 Å². The Bertz CT molecular complexity index is 423. The fourth-order valence-corrected chi connectivity index (χ4v) is 3.39. The third-order valence-electron chi connectivity index (χ3n) is 4.39. The summed E-state index contributed by atoms with van der Waals surface area (Å²) in [5.74, 6) is 1.47. The summed E-state index contributed by atoms with van der Waals surface area (Å²) in [6, 6.07) is 1.80. The van der Waals surface area contributed by atoms with E-state index < -0.39 is 0 Å². The van der Waals surface area contributed by atoms with E-state index in [1.807, 2.05) is 0 Å². The Labute approximate surface area is 114 Å². The van der Waals surface area contributed by atoms with Crippen LogP contribution in [0.4, 0.5) is 5.95 Å². The van der Waals surface area contributed by atoms with Crippen molar-refractivity contribution in [2.45, 2.75) is 37.6 Å². The number of aromatic nitrogens is 2. The number of hydrogen-bond acceptors (Lipinski definition) is 5. The molecule has 1 N–H and O–H groups in total. The molecule has 2 heterocycles. The van der Waals surface area contributed by atoms with Crippen LogP contribution in [-0.2, 0) is 0 Å². The topological polar surface area (TPSA) is 50.3 Å². The summed E-state index contributed by atoms with van der Waals surface area (Å²) in [6.07, 6.45) is 8.24. The molecular weight excluding hydrogens is 240 g/mol. The van der Waals surface area contributed by atoms with Crippen molar-refractivity contribution in [3.05, 3.63) is 12.3 Å². The lowest BCUT2D eigenvalue weighted by molar-refractivity contribution is 0.237. The summed E-state index contributed by atoms with van der Waals surface area (Å²) >= 11 is 0. The van der Waals surface area contributed by atoms with Gasteiger partial charge in [-0.2, -0.15) is 4.98 Å². The van der Waals surface area contributed by atoms with Crippen molar-refractivity contribution in [1.29, 1.82) is 0 Å². The van der Waals surface area contributed by atoms with Crippen LogP contribution in [0.2, 0.25) is 0 Å². The zero-order valence-corrected chi connectivity index (χ0v) is 11.6. The Morgan fingerprint density at radius 3 is 2.95 bits per heavy atom. The fraction of sp³-hybridized carbons (Fsp3) is 0.714. The molecule has 5 heteroatoms. The third-order valence-corrected chi connectivity index (χ3v) is 4.39. The minimum Gasteiger partial charge on any atom is -0.481 e. The summed E-state index contributed by atoms with van der Waals surface area (Å²) in [7, 11) is 1.65. The number of nitrogens with zero attached hydrogens (tertiary/aromatic N) is 3. The van der Waals surface area contributed by atoms with E-state index >= 15 is 0 Å². The minimum atomic E-state index is 0.211. The molecule has 1 aromatic rings. The number of piperazine rings is 1. The monoisotopic (exact) mass is 262 g/mol. The second-order valence-electron chi connectivity index (χ2n) is 5.51. The lowest BCUT2D eigenvalue weighted by Gasteiger charge is -2.49. The maximum atomic E-state index is 5.23. The van der Waals surface area contributed by atoms with Crippen molar-refractivity contribution in [3.8, 4) is 5.88 Å². The van der Waals surface area contributed by atoms with Crippen LogP contribution in [0, 0.1) is 0 Å². The predicted molar refractivity (Wildman–Crippen MR) is 74.6 cm³/mol. The van der Waals surface area contributed by atoms with E-state index in [1.165, 1.54) is 32.1 Å². The molecule has 0 aromatic carbocycles. The maximum absolute atomic E-state index is 5.23. The van der Waals surface area contributed by atoms with Crippen LogP contribution >= 0.6 is 0 Å². The van der Waals surface area contributed by atoms with Crippen molar-refractivity contribution < 1.29 is 4.74 Å². The molecule has 5 nitrogen and oxygen atoms in total. The second-order valence-corrected chi connectivity index (χ2v) is 5.51. The molecule has 3 rings (SSSR count). The number of nitrogens with one attached hydrogen (secondary N) is 1. The van der Waals surface area contributed by atoms with Crippen LogP contribution in [0.1, 0.15) is 32.1 Å². The van der Waals surface area contributed by atoms with Gasteiger partial charge in [-0.05, 0) is 12.8 Å². The van der Waals surface area contributed by atoms with E-state index in [-0.39, 0.29) is 5.54 Å². The molecule has 104 valence electrons. The molecule has 0 amide bonds. The van der Waals surface area contributed by atoms with Crippen molar-refractivity contribution in [3.63, 3.8) is 0 Å². The van der Waals surface area contributed by atoms with Gasteiger partial charge in [0.1, 0.15) is 0 Å². The first-order valence-corrected chi connectivity index (χ1v) is 7.19.